The molecule has 0 radical (unpaired) electrons. The van der Waals surface area contributed by atoms with Crippen molar-refractivity contribution in [1.82, 2.24) is 0 Å². The van der Waals surface area contributed by atoms with Crippen LogP contribution in [0.1, 0.15) is 0 Å². The van der Waals surface area contributed by atoms with Crippen molar-refractivity contribution in [1.29, 1.82) is 0 Å². The molecule has 0 aliphatic carbocycles. The molecule has 0 aliphatic heterocycles. The van der Waals surface area contributed by atoms with Crippen LogP contribution in [0.2, 0.25) is 0 Å². The molecular weight excluding hydrogens is 228 g/mol. The van der Waals surface area contributed by atoms with E-state index in [4.69, 9.17) is 4.42 Å². The van der Waals surface area contributed by atoms with Crippen LogP contribution in [0.5, 0.6) is 5.75 Å². The molecule has 0 saturated heterocycles. The summed E-state index contributed by atoms with van der Waals surface area (Å²) in [6, 6.07) is 15.6. The summed E-state index contributed by atoms with van der Waals surface area (Å²) in [6.45, 7) is 0. The van der Waals surface area contributed by atoms with Gasteiger partial charge in [0.25, 0.3) is 0 Å². The summed E-state index contributed by atoms with van der Waals surface area (Å²) in [6.07, 6.45) is 0. The Balaban J connectivity index is 2.42. The maximum absolute atomic E-state index is 11.5. The molecule has 3 heteroatoms. The first-order chi connectivity index (χ1) is 8.75. The minimum absolute atomic E-state index is 0.147. The van der Waals surface area contributed by atoms with Gasteiger partial charge in [0.15, 0.2) is 0 Å². The van der Waals surface area contributed by atoms with Crippen molar-refractivity contribution in [3.8, 4) is 16.9 Å². The molecule has 3 aromatic rings. The van der Waals surface area contributed by atoms with E-state index in [1.54, 1.807) is 30.3 Å². The lowest BCUT2D eigenvalue weighted by Gasteiger charge is -2.06. The number of rotatable bonds is 1. The highest BCUT2D eigenvalue weighted by molar-refractivity contribution is 5.94. The van der Waals surface area contributed by atoms with Gasteiger partial charge in [-0.15, -0.1) is 0 Å². The van der Waals surface area contributed by atoms with Crippen molar-refractivity contribution < 1.29 is 9.52 Å². The molecule has 3 rings (SSSR count). The summed E-state index contributed by atoms with van der Waals surface area (Å²) >= 11 is 0. The third kappa shape index (κ3) is 1.66. The van der Waals surface area contributed by atoms with E-state index in [0.717, 1.165) is 5.39 Å². The topological polar surface area (TPSA) is 50.4 Å². The normalized spacial score (nSPS) is 10.7. The lowest BCUT2D eigenvalue weighted by Crippen LogP contribution is -1.97. The van der Waals surface area contributed by atoms with Gasteiger partial charge >= 0.3 is 5.63 Å². The Labute approximate surface area is 103 Å². The molecule has 0 unspecified atom stereocenters. The van der Waals surface area contributed by atoms with Gasteiger partial charge in [-0.2, -0.15) is 0 Å². The largest absolute Gasteiger partial charge is 0.507 e. The molecule has 88 valence electrons. The quantitative estimate of drug-likeness (QED) is 0.662. The molecule has 3 nitrogen and oxygen atoms in total. The zero-order valence-electron chi connectivity index (χ0n) is 9.46. The van der Waals surface area contributed by atoms with E-state index in [9.17, 15) is 9.90 Å². The van der Waals surface area contributed by atoms with Crippen LogP contribution in [-0.2, 0) is 0 Å². The standard InChI is InChI=1S/C15H10O3/c16-13-7-3-1-5-10(13)12-9-15(17)18-14-8-4-2-6-11(12)14/h1-9,16H. The van der Waals surface area contributed by atoms with Gasteiger partial charge in [-0.1, -0.05) is 36.4 Å². The minimum Gasteiger partial charge on any atom is -0.507 e. The second-order valence-corrected chi connectivity index (χ2v) is 3.99. The van der Waals surface area contributed by atoms with Crippen molar-refractivity contribution in [2.45, 2.75) is 0 Å². The third-order valence-corrected chi connectivity index (χ3v) is 2.84. The maximum atomic E-state index is 11.5. The van der Waals surface area contributed by atoms with Gasteiger partial charge in [0.1, 0.15) is 11.3 Å². The first-order valence-electron chi connectivity index (χ1n) is 5.57. The average Bonchev–Trinajstić information content (AvgIpc) is 2.38. The zero-order valence-corrected chi connectivity index (χ0v) is 9.46. The van der Waals surface area contributed by atoms with E-state index >= 15 is 0 Å². The molecule has 18 heavy (non-hydrogen) atoms. The van der Waals surface area contributed by atoms with Crippen LogP contribution in [0.15, 0.2) is 63.8 Å². The summed E-state index contributed by atoms with van der Waals surface area (Å²) in [5.74, 6) is 0.147. The number of para-hydroxylation sites is 2. The maximum Gasteiger partial charge on any atom is 0.336 e. The monoisotopic (exact) mass is 238 g/mol. The van der Waals surface area contributed by atoms with Gasteiger partial charge < -0.3 is 9.52 Å². The van der Waals surface area contributed by atoms with E-state index in [-0.39, 0.29) is 5.75 Å². The lowest BCUT2D eigenvalue weighted by molar-refractivity contribution is 0.477. The zero-order chi connectivity index (χ0) is 12.5. The number of phenolic OH excluding ortho intramolecular Hbond substituents is 1. The molecule has 0 atom stereocenters. The van der Waals surface area contributed by atoms with Crippen LogP contribution in [-0.4, -0.2) is 5.11 Å². The highest BCUT2D eigenvalue weighted by Gasteiger charge is 2.09. The molecule has 0 bridgehead atoms. The molecule has 0 aliphatic rings. The van der Waals surface area contributed by atoms with Gasteiger partial charge in [-0.05, 0) is 12.1 Å². The Kier molecular flexibility index (Phi) is 2.38. The summed E-state index contributed by atoms with van der Waals surface area (Å²) in [5.41, 5.74) is 1.40. The predicted molar refractivity (Wildman–Crippen MR) is 69.6 cm³/mol. The molecule has 1 aromatic heterocycles. The summed E-state index contributed by atoms with van der Waals surface area (Å²) < 4.78 is 5.13. The fourth-order valence-corrected chi connectivity index (χ4v) is 2.04. The number of hydrogen-bond donors (Lipinski definition) is 1. The molecule has 0 amide bonds. The van der Waals surface area contributed by atoms with Crippen LogP contribution in [0, 0.1) is 0 Å². The van der Waals surface area contributed by atoms with E-state index in [2.05, 4.69) is 0 Å². The SMILES string of the molecule is O=c1cc(-c2ccccc2O)c2ccccc2o1. The minimum atomic E-state index is -0.424. The van der Waals surface area contributed by atoms with Crippen molar-refractivity contribution in [2.75, 3.05) is 0 Å². The van der Waals surface area contributed by atoms with E-state index < -0.39 is 5.63 Å². The van der Waals surface area contributed by atoms with Crippen LogP contribution in [0.25, 0.3) is 22.1 Å². The molecule has 0 saturated carbocycles. The second kappa shape index (κ2) is 4.04. The summed E-state index contributed by atoms with van der Waals surface area (Å²) in [5, 5.41) is 10.7. The van der Waals surface area contributed by atoms with Crippen molar-refractivity contribution in [3.05, 3.63) is 65.0 Å². The first-order valence-corrected chi connectivity index (χ1v) is 5.57. The van der Waals surface area contributed by atoms with Crippen LogP contribution in [0.3, 0.4) is 0 Å². The van der Waals surface area contributed by atoms with Crippen molar-refractivity contribution >= 4 is 11.0 Å². The van der Waals surface area contributed by atoms with E-state index in [0.29, 0.717) is 16.7 Å². The van der Waals surface area contributed by atoms with Gasteiger partial charge in [-0.25, -0.2) is 4.79 Å². The number of benzene rings is 2. The Hall–Kier alpha value is -2.55. The van der Waals surface area contributed by atoms with Gasteiger partial charge in [-0.3, -0.25) is 0 Å². The average molecular weight is 238 g/mol. The fourth-order valence-electron chi connectivity index (χ4n) is 2.04. The highest BCUT2D eigenvalue weighted by atomic mass is 16.4. The second-order valence-electron chi connectivity index (χ2n) is 3.99. The fraction of sp³-hybridized carbons (Fsp3) is 0. The highest BCUT2D eigenvalue weighted by Crippen LogP contribution is 2.32. The number of hydrogen-bond acceptors (Lipinski definition) is 3. The lowest BCUT2D eigenvalue weighted by atomic mass is 10.0. The van der Waals surface area contributed by atoms with Crippen molar-refractivity contribution in [3.63, 3.8) is 0 Å². The Morgan fingerprint density at radius 1 is 0.889 bits per heavy atom. The van der Waals surface area contributed by atoms with Crippen LogP contribution >= 0.6 is 0 Å². The van der Waals surface area contributed by atoms with Crippen molar-refractivity contribution in [2.24, 2.45) is 0 Å². The summed E-state index contributed by atoms with van der Waals surface area (Å²) in [7, 11) is 0. The molecule has 1 N–H and O–H groups in total. The Bertz CT molecular complexity index is 772. The van der Waals surface area contributed by atoms with Gasteiger partial charge in [0, 0.05) is 22.6 Å². The Morgan fingerprint density at radius 3 is 2.44 bits per heavy atom. The van der Waals surface area contributed by atoms with Gasteiger partial charge in [0.2, 0.25) is 0 Å². The van der Waals surface area contributed by atoms with E-state index in [1.807, 2.05) is 18.2 Å². The van der Waals surface area contributed by atoms with Gasteiger partial charge in [0.05, 0.1) is 0 Å². The Morgan fingerprint density at radius 2 is 1.61 bits per heavy atom. The predicted octanol–water partition coefficient (Wildman–Crippen LogP) is 3.17. The third-order valence-electron chi connectivity index (χ3n) is 2.84. The molecular formula is C15H10O3. The first kappa shape index (κ1) is 10.6. The molecule has 2 aromatic carbocycles. The van der Waals surface area contributed by atoms with Crippen LogP contribution < -0.4 is 5.63 Å². The molecule has 0 fully saturated rings. The molecule has 0 spiro atoms. The number of fused-ring (bicyclic) bond motifs is 1. The number of aromatic hydroxyl groups is 1. The number of phenols is 1. The molecule has 1 heterocycles. The summed E-state index contributed by atoms with van der Waals surface area (Å²) in [4.78, 5) is 11.5. The van der Waals surface area contributed by atoms with E-state index in [1.165, 1.54) is 6.07 Å². The smallest absolute Gasteiger partial charge is 0.336 e. The van der Waals surface area contributed by atoms with Crippen LogP contribution in [0.4, 0.5) is 0 Å².